The quantitative estimate of drug-likeness (QED) is 0.809. The van der Waals surface area contributed by atoms with Gasteiger partial charge in [0.25, 0.3) is 0 Å². The van der Waals surface area contributed by atoms with Crippen LogP contribution in [0.15, 0.2) is 30.5 Å². The molecule has 3 nitrogen and oxygen atoms in total. The Morgan fingerprint density at radius 3 is 2.53 bits per heavy atom. The molecule has 19 heavy (non-hydrogen) atoms. The standard InChI is InChI=1S/C15H20IN3/c1-15(2,3)18-9-8-14-17-10-13(19-14)11-4-6-12(16)7-5-11/h4-7,10,18H,8-9H2,1-3H3,(H,17,19). The summed E-state index contributed by atoms with van der Waals surface area (Å²) >= 11 is 2.31. The van der Waals surface area contributed by atoms with E-state index in [0.717, 1.165) is 24.5 Å². The van der Waals surface area contributed by atoms with Crippen molar-refractivity contribution in [3.63, 3.8) is 0 Å². The van der Waals surface area contributed by atoms with Crippen molar-refractivity contribution < 1.29 is 0 Å². The van der Waals surface area contributed by atoms with E-state index in [1.807, 2.05) is 6.20 Å². The van der Waals surface area contributed by atoms with Gasteiger partial charge in [0.2, 0.25) is 0 Å². The molecule has 1 heterocycles. The molecule has 0 spiro atoms. The van der Waals surface area contributed by atoms with E-state index in [2.05, 4.69) is 82.9 Å². The highest BCUT2D eigenvalue weighted by atomic mass is 127. The molecular formula is C15H20IN3. The van der Waals surface area contributed by atoms with Gasteiger partial charge in [0.1, 0.15) is 5.82 Å². The SMILES string of the molecule is CC(C)(C)NCCc1ncc(-c2ccc(I)cc2)[nH]1. The van der Waals surface area contributed by atoms with Crippen molar-refractivity contribution in [1.29, 1.82) is 0 Å². The third-order valence-electron chi connectivity index (χ3n) is 2.80. The molecule has 0 aliphatic rings. The number of nitrogens with zero attached hydrogens (tertiary/aromatic N) is 1. The summed E-state index contributed by atoms with van der Waals surface area (Å²) in [6, 6.07) is 8.45. The molecule has 2 rings (SSSR count). The number of rotatable bonds is 4. The number of H-pyrrole nitrogens is 1. The van der Waals surface area contributed by atoms with E-state index in [9.17, 15) is 0 Å². The molecule has 0 aliphatic carbocycles. The fraction of sp³-hybridized carbons (Fsp3) is 0.400. The first kappa shape index (κ1) is 14.5. The summed E-state index contributed by atoms with van der Waals surface area (Å²) in [5.74, 6) is 1.03. The Morgan fingerprint density at radius 1 is 1.21 bits per heavy atom. The Labute approximate surface area is 128 Å². The van der Waals surface area contributed by atoms with Gasteiger partial charge in [0, 0.05) is 22.1 Å². The number of hydrogen-bond donors (Lipinski definition) is 2. The van der Waals surface area contributed by atoms with Crippen LogP contribution in [0.5, 0.6) is 0 Å². The lowest BCUT2D eigenvalue weighted by Crippen LogP contribution is -2.37. The van der Waals surface area contributed by atoms with Gasteiger partial charge in [0.15, 0.2) is 0 Å². The molecule has 0 unspecified atom stereocenters. The smallest absolute Gasteiger partial charge is 0.107 e. The minimum Gasteiger partial charge on any atom is -0.342 e. The highest BCUT2D eigenvalue weighted by Gasteiger charge is 2.09. The zero-order valence-electron chi connectivity index (χ0n) is 11.6. The topological polar surface area (TPSA) is 40.7 Å². The second kappa shape index (κ2) is 6.05. The maximum absolute atomic E-state index is 4.44. The van der Waals surface area contributed by atoms with Crippen molar-refractivity contribution in [2.45, 2.75) is 32.7 Å². The summed E-state index contributed by atoms with van der Waals surface area (Å²) in [5, 5.41) is 3.47. The number of imidazole rings is 1. The fourth-order valence-corrected chi connectivity index (χ4v) is 2.18. The van der Waals surface area contributed by atoms with Gasteiger partial charge in [-0.3, -0.25) is 0 Å². The number of benzene rings is 1. The summed E-state index contributed by atoms with van der Waals surface area (Å²) in [4.78, 5) is 7.82. The van der Waals surface area contributed by atoms with Crippen LogP contribution in [0.4, 0.5) is 0 Å². The largest absolute Gasteiger partial charge is 0.342 e. The average Bonchev–Trinajstić information content (AvgIpc) is 2.77. The van der Waals surface area contributed by atoms with Crippen LogP contribution >= 0.6 is 22.6 Å². The molecule has 0 saturated carbocycles. The van der Waals surface area contributed by atoms with Crippen LogP contribution < -0.4 is 5.32 Å². The lowest BCUT2D eigenvalue weighted by molar-refractivity contribution is 0.427. The minimum atomic E-state index is 0.158. The van der Waals surface area contributed by atoms with E-state index in [1.54, 1.807) is 0 Å². The first-order valence-corrected chi connectivity index (χ1v) is 7.57. The number of aromatic nitrogens is 2. The van der Waals surface area contributed by atoms with Crippen LogP contribution in [-0.4, -0.2) is 22.1 Å². The Balaban J connectivity index is 1.97. The molecule has 0 atom stereocenters. The second-order valence-corrected chi connectivity index (χ2v) is 6.92. The number of hydrogen-bond acceptors (Lipinski definition) is 2. The third-order valence-corrected chi connectivity index (χ3v) is 3.52. The van der Waals surface area contributed by atoms with Crippen molar-refractivity contribution in [3.05, 3.63) is 39.9 Å². The summed E-state index contributed by atoms with van der Waals surface area (Å²) in [6.45, 7) is 7.45. The van der Waals surface area contributed by atoms with Crippen molar-refractivity contribution in [1.82, 2.24) is 15.3 Å². The van der Waals surface area contributed by atoms with Gasteiger partial charge in [-0.25, -0.2) is 4.98 Å². The first-order chi connectivity index (χ1) is 8.94. The van der Waals surface area contributed by atoms with Gasteiger partial charge in [-0.05, 0) is 61.1 Å². The van der Waals surface area contributed by atoms with E-state index in [0.29, 0.717) is 0 Å². The first-order valence-electron chi connectivity index (χ1n) is 6.49. The summed E-state index contributed by atoms with van der Waals surface area (Å²) in [6.07, 6.45) is 2.83. The van der Waals surface area contributed by atoms with Gasteiger partial charge in [-0.2, -0.15) is 0 Å². The van der Waals surface area contributed by atoms with E-state index in [1.165, 1.54) is 9.13 Å². The molecule has 1 aromatic carbocycles. The predicted molar refractivity (Wildman–Crippen MR) is 88.2 cm³/mol. The molecule has 4 heteroatoms. The molecule has 0 aliphatic heterocycles. The Kier molecular flexibility index (Phi) is 4.62. The van der Waals surface area contributed by atoms with Crippen LogP contribution in [0.3, 0.4) is 0 Å². The predicted octanol–water partition coefficient (Wildman–Crippen LogP) is 3.61. The molecule has 0 saturated heterocycles. The van der Waals surface area contributed by atoms with E-state index in [4.69, 9.17) is 0 Å². The molecule has 2 N–H and O–H groups in total. The lowest BCUT2D eigenvalue weighted by atomic mass is 10.1. The normalized spacial score (nSPS) is 11.8. The molecular weight excluding hydrogens is 349 g/mol. The van der Waals surface area contributed by atoms with Crippen molar-refractivity contribution in [2.75, 3.05) is 6.54 Å². The van der Waals surface area contributed by atoms with Crippen molar-refractivity contribution in [2.24, 2.45) is 0 Å². The van der Waals surface area contributed by atoms with E-state index in [-0.39, 0.29) is 5.54 Å². The van der Waals surface area contributed by atoms with Crippen LogP contribution in [0.2, 0.25) is 0 Å². The van der Waals surface area contributed by atoms with Crippen LogP contribution in [0, 0.1) is 3.57 Å². The van der Waals surface area contributed by atoms with E-state index >= 15 is 0 Å². The van der Waals surface area contributed by atoms with Crippen LogP contribution in [0.25, 0.3) is 11.3 Å². The summed E-state index contributed by atoms with van der Waals surface area (Å²) < 4.78 is 1.25. The second-order valence-electron chi connectivity index (χ2n) is 5.68. The number of halogens is 1. The molecule has 0 radical (unpaired) electrons. The van der Waals surface area contributed by atoms with Crippen LogP contribution in [0.1, 0.15) is 26.6 Å². The van der Waals surface area contributed by atoms with Crippen molar-refractivity contribution >= 4 is 22.6 Å². The fourth-order valence-electron chi connectivity index (χ4n) is 1.82. The molecule has 0 amide bonds. The molecule has 0 fully saturated rings. The van der Waals surface area contributed by atoms with Gasteiger partial charge in [0.05, 0.1) is 11.9 Å². The Hall–Kier alpha value is -0.880. The zero-order chi connectivity index (χ0) is 13.9. The van der Waals surface area contributed by atoms with E-state index < -0.39 is 0 Å². The Bertz CT molecular complexity index is 523. The third kappa shape index (κ3) is 4.62. The van der Waals surface area contributed by atoms with Gasteiger partial charge >= 0.3 is 0 Å². The molecule has 0 bridgehead atoms. The van der Waals surface area contributed by atoms with Gasteiger partial charge in [-0.15, -0.1) is 0 Å². The number of aromatic amines is 1. The monoisotopic (exact) mass is 369 g/mol. The lowest BCUT2D eigenvalue weighted by Gasteiger charge is -2.19. The highest BCUT2D eigenvalue weighted by molar-refractivity contribution is 14.1. The molecule has 1 aromatic heterocycles. The summed E-state index contributed by atoms with van der Waals surface area (Å²) in [7, 11) is 0. The highest BCUT2D eigenvalue weighted by Crippen LogP contribution is 2.18. The number of nitrogens with one attached hydrogen (secondary N) is 2. The van der Waals surface area contributed by atoms with Crippen molar-refractivity contribution in [3.8, 4) is 11.3 Å². The molecule has 102 valence electrons. The average molecular weight is 369 g/mol. The van der Waals surface area contributed by atoms with Crippen LogP contribution in [-0.2, 0) is 6.42 Å². The maximum atomic E-state index is 4.44. The zero-order valence-corrected chi connectivity index (χ0v) is 13.8. The minimum absolute atomic E-state index is 0.158. The molecule has 2 aromatic rings. The summed E-state index contributed by atoms with van der Waals surface area (Å²) in [5.41, 5.74) is 2.43. The Morgan fingerprint density at radius 2 is 1.89 bits per heavy atom. The maximum Gasteiger partial charge on any atom is 0.107 e. The van der Waals surface area contributed by atoms with Gasteiger partial charge in [-0.1, -0.05) is 12.1 Å². The van der Waals surface area contributed by atoms with Gasteiger partial charge < -0.3 is 10.3 Å².